The second kappa shape index (κ2) is 8.21. The Bertz CT molecular complexity index is 472. The second-order valence-corrected chi connectivity index (χ2v) is 8.17. The van der Waals surface area contributed by atoms with E-state index in [4.69, 9.17) is 5.73 Å². The molecule has 0 radical (unpaired) electrons. The lowest BCUT2D eigenvalue weighted by Gasteiger charge is -2.21. The summed E-state index contributed by atoms with van der Waals surface area (Å²) in [6.07, 6.45) is 1.71. The van der Waals surface area contributed by atoms with Gasteiger partial charge in [-0.15, -0.1) is 0 Å². The van der Waals surface area contributed by atoms with Crippen LogP contribution >= 0.6 is 0 Å². The molecule has 0 bridgehead atoms. The number of guanidine groups is 1. The Balaban J connectivity index is 4.64. The Morgan fingerprint density at radius 1 is 1.38 bits per heavy atom. The fourth-order valence-corrected chi connectivity index (χ4v) is 2.15. The Kier molecular flexibility index (Phi) is 7.70. The molecule has 124 valence electrons. The minimum atomic E-state index is -2.98. The van der Waals surface area contributed by atoms with Crippen LogP contribution in [0.5, 0.6) is 0 Å². The van der Waals surface area contributed by atoms with E-state index in [9.17, 15) is 13.2 Å². The van der Waals surface area contributed by atoms with Crippen LogP contribution in [0.3, 0.4) is 0 Å². The number of sulfone groups is 1. The van der Waals surface area contributed by atoms with E-state index in [1.165, 1.54) is 6.26 Å². The van der Waals surface area contributed by atoms with Crippen molar-refractivity contribution in [3.05, 3.63) is 0 Å². The molecular formula is C13H28N4O3S. The maximum absolute atomic E-state index is 11.3. The van der Waals surface area contributed by atoms with Crippen LogP contribution in [-0.4, -0.2) is 51.4 Å². The first-order chi connectivity index (χ1) is 9.48. The van der Waals surface area contributed by atoms with Gasteiger partial charge >= 0.3 is 0 Å². The predicted molar refractivity (Wildman–Crippen MR) is 85.9 cm³/mol. The summed E-state index contributed by atoms with van der Waals surface area (Å²) in [4.78, 5) is 15.6. The number of carbonyl (C=O) groups is 1. The molecular weight excluding hydrogens is 292 g/mol. The summed E-state index contributed by atoms with van der Waals surface area (Å²) in [5.74, 6) is 0.257. The van der Waals surface area contributed by atoms with Crippen molar-refractivity contribution in [2.24, 2.45) is 16.1 Å². The molecule has 0 aliphatic rings. The number of aliphatic imine (C=N–C) groups is 1. The van der Waals surface area contributed by atoms with Gasteiger partial charge in [0.1, 0.15) is 9.84 Å². The first-order valence-corrected chi connectivity index (χ1v) is 9.06. The van der Waals surface area contributed by atoms with E-state index < -0.39 is 21.2 Å². The van der Waals surface area contributed by atoms with Crippen molar-refractivity contribution in [3.63, 3.8) is 0 Å². The number of hydrogen-bond donors (Lipinski definition) is 3. The average molecular weight is 320 g/mol. The molecule has 4 N–H and O–H groups in total. The molecule has 7 nitrogen and oxygen atoms in total. The highest BCUT2D eigenvalue weighted by Gasteiger charge is 2.24. The first kappa shape index (κ1) is 19.7. The molecule has 0 aromatic carbocycles. The van der Waals surface area contributed by atoms with Gasteiger partial charge in [0.25, 0.3) is 0 Å². The maximum Gasteiger partial charge on any atom is 0.224 e. The molecule has 0 aromatic rings. The molecule has 0 saturated heterocycles. The predicted octanol–water partition coefficient (Wildman–Crippen LogP) is -0.124. The van der Waals surface area contributed by atoms with Crippen molar-refractivity contribution in [3.8, 4) is 0 Å². The largest absolute Gasteiger partial charge is 0.369 e. The highest BCUT2D eigenvalue weighted by Crippen LogP contribution is 2.13. The summed E-state index contributed by atoms with van der Waals surface area (Å²) in [7, 11) is -2.98. The fourth-order valence-electron chi connectivity index (χ4n) is 1.37. The third kappa shape index (κ3) is 9.28. The monoisotopic (exact) mass is 320 g/mol. The topological polar surface area (TPSA) is 114 Å². The molecule has 0 aliphatic heterocycles. The molecule has 0 saturated carbocycles. The van der Waals surface area contributed by atoms with Crippen molar-refractivity contribution >= 4 is 21.7 Å². The molecule has 1 unspecified atom stereocenters. The lowest BCUT2D eigenvalue weighted by molar-refractivity contribution is -0.125. The zero-order chi connectivity index (χ0) is 16.7. The smallest absolute Gasteiger partial charge is 0.224 e. The SMILES string of the molecule is CCNC(=NCC(C)(C)C(N)=O)NC(C)CCS(C)(=O)=O. The number of rotatable bonds is 8. The Hall–Kier alpha value is -1.31. The van der Waals surface area contributed by atoms with Crippen molar-refractivity contribution < 1.29 is 13.2 Å². The van der Waals surface area contributed by atoms with Gasteiger partial charge in [-0.3, -0.25) is 9.79 Å². The van der Waals surface area contributed by atoms with Crippen LogP contribution in [0.4, 0.5) is 0 Å². The lowest BCUT2D eigenvalue weighted by atomic mass is 9.93. The van der Waals surface area contributed by atoms with Crippen molar-refractivity contribution in [1.29, 1.82) is 0 Å². The molecule has 21 heavy (non-hydrogen) atoms. The third-order valence-electron chi connectivity index (χ3n) is 2.95. The van der Waals surface area contributed by atoms with Gasteiger partial charge in [0.05, 0.1) is 17.7 Å². The minimum absolute atomic E-state index is 0.0470. The van der Waals surface area contributed by atoms with Crippen LogP contribution in [0.1, 0.15) is 34.1 Å². The Labute approximate surface area is 127 Å². The molecule has 8 heteroatoms. The molecule has 0 rings (SSSR count). The van der Waals surface area contributed by atoms with E-state index in [2.05, 4.69) is 15.6 Å². The van der Waals surface area contributed by atoms with Crippen LogP contribution in [-0.2, 0) is 14.6 Å². The zero-order valence-electron chi connectivity index (χ0n) is 13.6. The van der Waals surface area contributed by atoms with Crippen LogP contribution in [0.25, 0.3) is 0 Å². The highest BCUT2D eigenvalue weighted by molar-refractivity contribution is 7.90. The summed E-state index contributed by atoms with van der Waals surface area (Å²) in [6.45, 7) is 8.21. The molecule has 1 atom stereocenters. The van der Waals surface area contributed by atoms with E-state index in [0.29, 0.717) is 18.9 Å². The molecule has 0 aliphatic carbocycles. The standard InChI is InChI=1S/C13H28N4O3S/c1-6-15-12(16-9-13(3,4)11(14)18)17-10(2)7-8-21(5,19)20/h10H,6-9H2,1-5H3,(H2,14,18)(H2,15,16,17). The van der Waals surface area contributed by atoms with E-state index in [0.717, 1.165) is 0 Å². The van der Waals surface area contributed by atoms with Gasteiger partial charge in [-0.2, -0.15) is 0 Å². The Morgan fingerprint density at radius 3 is 2.38 bits per heavy atom. The van der Waals surface area contributed by atoms with Crippen LogP contribution in [0.2, 0.25) is 0 Å². The summed E-state index contributed by atoms with van der Waals surface area (Å²) >= 11 is 0. The minimum Gasteiger partial charge on any atom is -0.369 e. The normalized spacial score (nSPS) is 14.6. The van der Waals surface area contributed by atoms with Crippen molar-refractivity contribution in [2.75, 3.05) is 25.1 Å². The van der Waals surface area contributed by atoms with Gasteiger partial charge in [-0.25, -0.2) is 8.42 Å². The number of nitrogens with one attached hydrogen (secondary N) is 2. The average Bonchev–Trinajstić information content (AvgIpc) is 2.33. The number of nitrogens with zero attached hydrogens (tertiary/aromatic N) is 1. The summed E-state index contributed by atoms with van der Waals surface area (Å²) in [5, 5.41) is 6.18. The molecule has 0 heterocycles. The summed E-state index contributed by atoms with van der Waals surface area (Å²) < 4.78 is 22.3. The van der Waals surface area contributed by atoms with Gasteiger partial charge in [0.2, 0.25) is 5.91 Å². The summed E-state index contributed by atoms with van der Waals surface area (Å²) in [5.41, 5.74) is 4.59. The number of amides is 1. The Morgan fingerprint density at radius 2 is 1.95 bits per heavy atom. The zero-order valence-corrected chi connectivity index (χ0v) is 14.4. The highest BCUT2D eigenvalue weighted by atomic mass is 32.2. The van der Waals surface area contributed by atoms with Gasteiger partial charge in [0.15, 0.2) is 5.96 Å². The molecule has 0 fully saturated rings. The van der Waals surface area contributed by atoms with Gasteiger partial charge in [-0.05, 0) is 34.1 Å². The molecule has 0 aromatic heterocycles. The summed E-state index contributed by atoms with van der Waals surface area (Å²) in [6, 6.07) is -0.0470. The first-order valence-electron chi connectivity index (χ1n) is 7.00. The molecule has 0 spiro atoms. The van der Waals surface area contributed by atoms with E-state index in [-0.39, 0.29) is 18.3 Å². The second-order valence-electron chi connectivity index (χ2n) is 5.91. The number of hydrogen-bond acceptors (Lipinski definition) is 4. The fraction of sp³-hybridized carbons (Fsp3) is 0.846. The number of carbonyl (C=O) groups excluding carboxylic acids is 1. The van der Waals surface area contributed by atoms with Gasteiger partial charge in [0, 0.05) is 18.8 Å². The molecule has 1 amide bonds. The van der Waals surface area contributed by atoms with E-state index >= 15 is 0 Å². The van der Waals surface area contributed by atoms with Crippen molar-refractivity contribution in [2.45, 2.75) is 40.2 Å². The van der Waals surface area contributed by atoms with Gasteiger partial charge in [-0.1, -0.05) is 0 Å². The maximum atomic E-state index is 11.3. The number of nitrogens with two attached hydrogens (primary N) is 1. The quantitative estimate of drug-likeness (QED) is 0.426. The lowest BCUT2D eigenvalue weighted by Crippen LogP contribution is -2.44. The number of primary amides is 1. The van der Waals surface area contributed by atoms with Crippen LogP contribution < -0.4 is 16.4 Å². The van der Waals surface area contributed by atoms with E-state index in [1.54, 1.807) is 13.8 Å². The van der Waals surface area contributed by atoms with Crippen molar-refractivity contribution in [1.82, 2.24) is 10.6 Å². The van der Waals surface area contributed by atoms with Crippen LogP contribution in [0.15, 0.2) is 4.99 Å². The van der Waals surface area contributed by atoms with E-state index in [1.807, 2.05) is 13.8 Å². The third-order valence-corrected chi connectivity index (χ3v) is 3.93. The van der Waals surface area contributed by atoms with Gasteiger partial charge < -0.3 is 16.4 Å². The van der Waals surface area contributed by atoms with Crippen LogP contribution in [0, 0.1) is 5.41 Å².